The summed E-state index contributed by atoms with van der Waals surface area (Å²) in [7, 11) is 0. The summed E-state index contributed by atoms with van der Waals surface area (Å²) in [6.07, 6.45) is 0. The third-order valence-electron chi connectivity index (χ3n) is 1.91. The molecule has 1 N–H and O–H groups in total. The topological polar surface area (TPSA) is 12.0 Å². The van der Waals surface area contributed by atoms with Gasteiger partial charge in [0.05, 0.1) is 5.69 Å². The normalized spacial score (nSPS) is 10.5. The molecule has 2 rings (SSSR count). The number of thiol groups is 1. The number of nitrogens with one attached hydrogen (secondary N) is 1. The Morgan fingerprint density at radius 1 is 1.31 bits per heavy atom. The van der Waals surface area contributed by atoms with Gasteiger partial charge in [0.1, 0.15) is 0 Å². The lowest BCUT2D eigenvalue weighted by Gasteiger charge is -2.01. The van der Waals surface area contributed by atoms with E-state index in [0.29, 0.717) is 0 Å². The van der Waals surface area contributed by atoms with Gasteiger partial charge in [0.25, 0.3) is 0 Å². The van der Waals surface area contributed by atoms with Crippen LogP contribution >= 0.6 is 24.0 Å². The van der Waals surface area contributed by atoms with E-state index >= 15 is 0 Å². The van der Waals surface area contributed by atoms with Crippen LogP contribution in [0.15, 0.2) is 29.6 Å². The molecule has 3 heteroatoms. The standard InChI is InChI=1S/C10H11NS2/c12-6-5-11-9-7-13-10-4-2-1-3-8(9)10/h1-4,7,11-12H,5-6H2. The van der Waals surface area contributed by atoms with Gasteiger partial charge in [0, 0.05) is 27.8 Å². The Labute approximate surface area is 87.2 Å². The van der Waals surface area contributed by atoms with Crippen molar-refractivity contribution in [3.8, 4) is 0 Å². The van der Waals surface area contributed by atoms with Crippen LogP contribution in [0.1, 0.15) is 0 Å². The zero-order valence-corrected chi connectivity index (χ0v) is 8.87. The Bertz CT molecular complexity index is 394. The molecule has 1 aromatic carbocycles. The van der Waals surface area contributed by atoms with Gasteiger partial charge in [0.2, 0.25) is 0 Å². The maximum absolute atomic E-state index is 4.17. The van der Waals surface area contributed by atoms with E-state index in [0.717, 1.165) is 12.3 Å². The summed E-state index contributed by atoms with van der Waals surface area (Å²) in [4.78, 5) is 0. The van der Waals surface area contributed by atoms with E-state index in [9.17, 15) is 0 Å². The van der Waals surface area contributed by atoms with E-state index in [1.807, 2.05) is 0 Å². The minimum atomic E-state index is 0.865. The lowest BCUT2D eigenvalue weighted by atomic mass is 10.2. The molecule has 0 unspecified atom stereocenters. The second kappa shape index (κ2) is 4.03. The Kier molecular flexibility index (Phi) is 2.76. The van der Waals surface area contributed by atoms with Crippen LogP contribution in [0.5, 0.6) is 0 Å². The van der Waals surface area contributed by atoms with Crippen LogP contribution in [0.2, 0.25) is 0 Å². The largest absolute Gasteiger partial charge is 0.383 e. The smallest absolute Gasteiger partial charge is 0.0529 e. The fourth-order valence-corrected chi connectivity index (χ4v) is 2.33. The van der Waals surface area contributed by atoms with Gasteiger partial charge in [-0.25, -0.2) is 0 Å². The van der Waals surface area contributed by atoms with Crippen molar-refractivity contribution in [1.29, 1.82) is 0 Å². The maximum atomic E-state index is 4.17. The molecule has 1 aromatic heterocycles. The van der Waals surface area contributed by atoms with Gasteiger partial charge in [-0.2, -0.15) is 12.6 Å². The average molecular weight is 209 g/mol. The first-order chi connectivity index (χ1) is 6.42. The minimum Gasteiger partial charge on any atom is -0.383 e. The van der Waals surface area contributed by atoms with Crippen molar-refractivity contribution in [3.63, 3.8) is 0 Å². The van der Waals surface area contributed by atoms with E-state index in [4.69, 9.17) is 0 Å². The van der Waals surface area contributed by atoms with Crippen molar-refractivity contribution in [1.82, 2.24) is 0 Å². The van der Waals surface area contributed by atoms with Crippen molar-refractivity contribution in [2.45, 2.75) is 0 Å². The van der Waals surface area contributed by atoms with Crippen molar-refractivity contribution in [2.75, 3.05) is 17.6 Å². The molecule has 0 aliphatic heterocycles. The summed E-state index contributed by atoms with van der Waals surface area (Å²) in [6, 6.07) is 8.43. The van der Waals surface area contributed by atoms with Crippen molar-refractivity contribution >= 4 is 39.7 Å². The van der Waals surface area contributed by atoms with Gasteiger partial charge < -0.3 is 5.32 Å². The molecule has 0 aliphatic rings. The second-order valence-electron chi connectivity index (χ2n) is 2.80. The fraction of sp³-hybridized carbons (Fsp3) is 0.200. The summed E-state index contributed by atoms with van der Waals surface area (Å²) in [5, 5.41) is 6.83. The molecular formula is C10H11NS2. The Morgan fingerprint density at radius 2 is 2.15 bits per heavy atom. The third kappa shape index (κ3) is 1.81. The number of hydrogen-bond acceptors (Lipinski definition) is 3. The van der Waals surface area contributed by atoms with Crippen LogP contribution in [-0.4, -0.2) is 12.3 Å². The number of hydrogen-bond donors (Lipinski definition) is 2. The number of anilines is 1. The highest BCUT2D eigenvalue weighted by Gasteiger charge is 2.00. The summed E-state index contributed by atoms with van der Waals surface area (Å²) in [5.41, 5.74) is 1.23. The lowest BCUT2D eigenvalue weighted by molar-refractivity contribution is 1.25. The van der Waals surface area contributed by atoms with Crippen LogP contribution in [-0.2, 0) is 0 Å². The number of fused-ring (bicyclic) bond motifs is 1. The third-order valence-corrected chi connectivity index (χ3v) is 3.10. The van der Waals surface area contributed by atoms with Crippen molar-refractivity contribution in [2.24, 2.45) is 0 Å². The zero-order chi connectivity index (χ0) is 9.10. The van der Waals surface area contributed by atoms with Gasteiger partial charge >= 0.3 is 0 Å². The number of thiophene rings is 1. The first kappa shape index (κ1) is 8.91. The monoisotopic (exact) mass is 209 g/mol. The fourth-order valence-electron chi connectivity index (χ4n) is 1.31. The van der Waals surface area contributed by atoms with Gasteiger partial charge in [-0.15, -0.1) is 11.3 Å². The maximum Gasteiger partial charge on any atom is 0.0529 e. The predicted molar refractivity (Wildman–Crippen MR) is 64.2 cm³/mol. The Hall–Kier alpha value is -0.670. The SMILES string of the molecule is SCCNc1csc2ccccc12. The molecule has 0 fully saturated rings. The molecular weight excluding hydrogens is 198 g/mol. The molecule has 1 nitrogen and oxygen atoms in total. The molecule has 1 heterocycles. The number of rotatable bonds is 3. The van der Waals surface area contributed by atoms with Gasteiger partial charge in [-0.1, -0.05) is 18.2 Å². The average Bonchev–Trinajstić information content (AvgIpc) is 2.58. The molecule has 0 radical (unpaired) electrons. The summed E-state index contributed by atoms with van der Waals surface area (Å²) in [6.45, 7) is 0.920. The minimum absolute atomic E-state index is 0.865. The van der Waals surface area contributed by atoms with E-state index in [1.165, 1.54) is 15.8 Å². The van der Waals surface area contributed by atoms with E-state index in [-0.39, 0.29) is 0 Å². The van der Waals surface area contributed by atoms with E-state index in [1.54, 1.807) is 11.3 Å². The Balaban J connectivity index is 2.35. The molecule has 13 heavy (non-hydrogen) atoms. The molecule has 2 aromatic rings. The van der Waals surface area contributed by atoms with E-state index in [2.05, 4.69) is 47.6 Å². The second-order valence-corrected chi connectivity index (χ2v) is 4.15. The first-order valence-electron chi connectivity index (χ1n) is 4.23. The van der Waals surface area contributed by atoms with Crippen LogP contribution in [0, 0.1) is 0 Å². The molecule has 68 valence electrons. The summed E-state index contributed by atoms with van der Waals surface area (Å²) in [5.74, 6) is 0.865. The number of benzene rings is 1. The molecule has 0 bridgehead atoms. The summed E-state index contributed by atoms with van der Waals surface area (Å²) >= 11 is 5.94. The molecule has 0 saturated carbocycles. The van der Waals surface area contributed by atoms with Crippen LogP contribution in [0.4, 0.5) is 5.69 Å². The van der Waals surface area contributed by atoms with Crippen LogP contribution in [0.25, 0.3) is 10.1 Å². The van der Waals surface area contributed by atoms with Crippen molar-refractivity contribution < 1.29 is 0 Å². The molecule has 0 spiro atoms. The van der Waals surface area contributed by atoms with E-state index < -0.39 is 0 Å². The lowest BCUT2D eigenvalue weighted by Crippen LogP contribution is -2.01. The molecule has 0 atom stereocenters. The van der Waals surface area contributed by atoms with Crippen LogP contribution < -0.4 is 5.32 Å². The highest BCUT2D eigenvalue weighted by molar-refractivity contribution is 7.80. The molecule has 0 aliphatic carbocycles. The van der Waals surface area contributed by atoms with Gasteiger partial charge in [-0.3, -0.25) is 0 Å². The highest BCUT2D eigenvalue weighted by atomic mass is 32.1. The Morgan fingerprint density at radius 3 is 3.00 bits per heavy atom. The van der Waals surface area contributed by atoms with Gasteiger partial charge in [-0.05, 0) is 6.07 Å². The first-order valence-corrected chi connectivity index (χ1v) is 5.74. The molecule has 0 amide bonds. The predicted octanol–water partition coefficient (Wildman–Crippen LogP) is 3.24. The van der Waals surface area contributed by atoms with Crippen molar-refractivity contribution in [3.05, 3.63) is 29.6 Å². The quantitative estimate of drug-likeness (QED) is 0.740. The highest BCUT2D eigenvalue weighted by Crippen LogP contribution is 2.29. The van der Waals surface area contributed by atoms with Gasteiger partial charge in [0.15, 0.2) is 0 Å². The zero-order valence-electron chi connectivity index (χ0n) is 7.16. The van der Waals surface area contributed by atoms with Crippen LogP contribution in [0.3, 0.4) is 0 Å². The summed E-state index contributed by atoms with van der Waals surface area (Å²) < 4.78 is 1.34. The molecule has 0 saturated heterocycles.